The van der Waals surface area contributed by atoms with E-state index < -0.39 is 0 Å². The second-order valence-electron chi connectivity index (χ2n) is 6.79. The summed E-state index contributed by atoms with van der Waals surface area (Å²) in [6.45, 7) is 10.2. The Morgan fingerprint density at radius 3 is 2.70 bits per heavy atom. The predicted octanol–water partition coefficient (Wildman–Crippen LogP) is 2.78. The second kappa shape index (κ2) is 6.74. The minimum absolute atomic E-state index is 0.114. The summed E-state index contributed by atoms with van der Waals surface area (Å²) in [5, 5.41) is 3.49. The first-order valence-corrected chi connectivity index (χ1v) is 7.54. The number of nitrogens with one attached hydrogen (secondary N) is 1. The van der Waals surface area contributed by atoms with Gasteiger partial charge in [-0.05, 0) is 46.7 Å². The van der Waals surface area contributed by atoms with Crippen LogP contribution in [0.1, 0.15) is 44.9 Å². The van der Waals surface area contributed by atoms with Crippen LogP contribution in [-0.2, 0) is 17.9 Å². The Bertz CT molecular complexity index is 401. The number of rotatable bonds is 5. The van der Waals surface area contributed by atoms with Crippen molar-refractivity contribution >= 4 is 0 Å². The van der Waals surface area contributed by atoms with Crippen molar-refractivity contribution in [3.05, 3.63) is 23.7 Å². The summed E-state index contributed by atoms with van der Waals surface area (Å²) >= 11 is 0. The first-order valence-electron chi connectivity index (χ1n) is 7.54. The van der Waals surface area contributed by atoms with Gasteiger partial charge in [0.2, 0.25) is 0 Å². The molecule has 1 saturated heterocycles. The molecule has 0 atom stereocenters. The molecule has 1 aliphatic heterocycles. The van der Waals surface area contributed by atoms with Gasteiger partial charge in [0, 0.05) is 30.7 Å². The van der Waals surface area contributed by atoms with Crippen LogP contribution in [0.4, 0.5) is 0 Å². The smallest absolute Gasteiger partial charge is 0.133 e. The summed E-state index contributed by atoms with van der Waals surface area (Å²) in [6.07, 6.45) is 4.37. The largest absolute Gasteiger partial charge is 0.467 e. The zero-order valence-corrected chi connectivity index (χ0v) is 13.2. The van der Waals surface area contributed by atoms with E-state index in [2.05, 4.69) is 38.0 Å². The molecule has 0 bridgehead atoms. The first kappa shape index (κ1) is 15.5. The third-order valence-corrected chi connectivity index (χ3v) is 3.76. The van der Waals surface area contributed by atoms with Gasteiger partial charge in [-0.3, -0.25) is 0 Å². The van der Waals surface area contributed by atoms with Crippen LogP contribution in [0.2, 0.25) is 0 Å². The molecule has 114 valence electrons. The van der Waals surface area contributed by atoms with Crippen LogP contribution in [0, 0.1) is 0 Å². The minimum Gasteiger partial charge on any atom is -0.467 e. The molecule has 0 radical (unpaired) electrons. The van der Waals surface area contributed by atoms with E-state index in [0.29, 0.717) is 12.7 Å². The molecule has 0 unspecified atom stereocenters. The Balaban J connectivity index is 1.80. The van der Waals surface area contributed by atoms with Crippen LogP contribution in [0.3, 0.4) is 0 Å². The Morgan fingerprint density at radius 1 is 1.35 bits per heavy atom. The second-order valence-corrected chi connectivity index (χ2v) is 6.79. The van der Waals surface area contributed by atoms with Gasteiger partial charge < -0.3 is 19.4 Å². The highest BCUT2D eigenvalue weighted by molar-refractivity contribution is 5.16. The van der Waals surface area contributed by atoms with Gasteiger partial charge in [0.25, 0.3) is 0 Å². The van der Waals surface area contributed by atoms with Gasteiger partial charge in [0.1, 0.15) is 12.4 Å². The quantitative estimate of drug-likeness (QED) is 0.900. The monoisotopic (exact) mass is 280 g/mol. The molecule has 0 spiro atoms. The highest BCUT2D eigenvalue weighted by Gasteiger charge is 2.18. The van der Waals surface area contributed by atoms with Crippen LogP contribution < -0.4 is 5.32 Å². The van der Waals surface area contributed by atoms with E-state index in [-0.39, 0.29) is 5.54 Å². The molecule has 2 heterocycles. The van der Waals surface area contributed by atoms with Crippen molar-refractivity contribution in [3.63, 3.8) is 0 Å². The molecule has 0 saturated carbocycles. The summed E-state index contributed by atoms with van der Waals surface area (Å²) in [5.74, 6) is 0.959. The molecular weight excluding hydrogens is 252 g/mol. The first-order chi connectivity index (χ1) is 9.44. The van der Waals surface area contributed by atoms with Crippen LogP contribution in [0.25, 0.3) is 0 Å². The molecule has 1 fully saturated rings. The number of nitrogens with zero attached hydrogens (tertiary/aromatic N) is 1. The standard InChI is InChI=1S/C16H28N2O2/c1-16(2,3)17-11-13-7-10-19-15(13)12-20-14-5-8-18(4)9-6-14/h7,10,14,17H,5-6,8-9,11-12H2,1-4H3. The van der Waals surface area contributed by atoms with E-state index in [1.807, 2.05) is 6.07 Å². The molecule has 1 aliphatic rings. The molecule has 2 rings (SSSR count). The van der Waals surface area contributed by atoms with Crippen molar-refractivity contribution in [1.82, 2.24) is 10.2 Å². The fourth-order valence-corrected chi connectivity index (χ4v) is 2.36. The van der Waals surface area contributed by atoms with Crippen LogP contribution in [0.5, 0.6) is 0 Å². The fraction of sp³-hybridized carbons (Fsp3) is 0.750. The highest BCUT2D eigenvalue weighted by atomic mass is 16.5. The average Bonchev–Trinajstić information content (AvgIpc) is 2.82. The maximum absolute atomic E-state index is 6.00. The van der Waals surface area contributed by atoms with Gasteiger partial charge in [-0.1, -0.05) is 0 Å². The molecule has 0 aromatic carbocycles. The molecule has 1 aromatic heterocycles. The highest BCUT2D eigenvalue weighted by Crippen LogP contribution is 2.18. The molecule has 0 amide bonds. The Morgan fingerprint density at radius 2 is 2.05 bits per heavy atom. The van der Waals surface area contributed by atoms with Crippen molar-refractivity contribution in [3.8, 4) is 0 Å². The Hall–Kier alpha value is -0.840. The lowest BCUT2D eigenvalue weighted by Crippen LogP contribution is -2.35. The minimum atomic E-state index is 0.114. The van der Waals surface area contributed by atoms with E-state index in [9.17, 15) is 0 Å². The van der Waals surface area contributed by atoms with E-state index >= 15 is 0 Å². The van der Waals surface area contributed by atoms with Gasteiger partial charge in [0.05, 0.1) is 12.4 Å². The van der Waals surface area contributed by atoms with Gasteiger partial charge in [-0.25, -0.2) is 0 Å². The van der Waals surface area contributed by atoms with Crippen molar-refractivity contribution in [1.29, 1.82) is 0 Å². The van der Waals surface area contributed by atoms with Crippen molar-refractivity contribution in [2.45, 2.75) is 58.4 Å². The van der Waals surface area contributed by atoms with Gasteiger partial charge in [0.15, 0.2) is 0 Å². The number of likely N-dealkylation sites (tertiary alicyclic amines) is 1. The van der Waals surface area contributed by atoms with Crippen LogP contribution >= 0.6 is 0 Å². The zero-order valence-electron chi connectivity index (χ0n) is 13.2. The van der Waals surface area contributed by atoms with E-state index in [1.54, 1.807) is 6.26 Å². The molecule has 4 nitrogen and oxygen atoms in total. The zero-order chi connectivity index (χ0) is 14.6. The lowest BCUT2D eigenvalue weighted by Gasteiger charge is -2.28. The van der Waals surface area contributed by atoms with E-state index in [1.165, 1.54) is 5.56 Å². The van der Waals surface area contributed by atoms with Gasteiger partial charge in [-0.2, -0.15) is 0 Å². The van der Waals surface area contributed by atoms with Gasteiger partial charge >= 0.3 is 0 Å². The maximum Gasteiger partial charge on any atom is 0.133 e. The molecule has 1 N–H and O–H groups in total. The number of ether oxygens (including phenoxy) is 1. The fourth-order valence-electron chi connectivity index (χ4n) is 2.36. The van der Waals surface area contributed by atoms with Crippen molar-refractivity contribution in [2.75, 3.05) is 20.1 Å². The maximum atomic E-state index is 6.00. The topological polar surface area (TPSA) is 37.6 Å². The third kappa shape index (κ3) is 4.93. The van der Waals surface area contributed by atoms with E-state index in [4.69, 9.17) is 9.15 Å². The summed E-state index contributed by atoms with van der Waals surface area (Å²) in [4.78, 5) is 2.35. The predicted molar refractivity (Wildman–Crippen MR) is 80.6 cm³/mol. The number of hydrogen-bond acceptors (Lipinski definition) is 4. The van der Waals surface area contributed by atoms with Crippen molar-refractivity contribution < 1.29 is 9.15 Å². The summed E-state index contributed by atoms with van der Waals surface area (Å²) < 4.78 is 11.6. The normalized spacial score (nSPS) is 18.6. The van der Waals surface area contributed by atoms with Crippen LogP contribution in [0.15, 0.2) is 16.7 Å². The average molecular weight is 280 g/mol. The Kier molecular flexibility index (Phi) is 5.24. The summed E-state index contributed by atoms with van der Waals surface area (Å²) in [7, 11) is 2.17. The van der Waals surface area contributed by atoms with E-state index in [0.717, 1.165) is 38.2 Å². The number of hydrogen-bond donors (Lipinski definition) is 1. The molecule has 20 heavy (non-hydrogen) atoms. The van der Waals surface area contributed by atoms with Crippen molar-refractivity contribution in [2.24, 2.45) is 0 Å². The Labute approximate surface area is 122 Å². The van der Waals surface area contributed by atoms with Gasteiger partial charge in [-0.15, -0.1) is 0 Å². The third-order valence-electron chi connectivity index (χ3n) is 3.76. The lowest BCUT2D eigenvalue weighted by atomic mass is 10.1. The molecule has 0 aliphatic carbocycles. The molecule has 4 heteroatoms. The number of furan rings is 1. The summed E-state index contributed by atoms with van der Waals surface area (Å²) in [5.41, 5.74) is 1.32. The lowest BCUT2D eigenvalue weighted by molar-refractivity contribution is -0.00520. The SMILES string of the molecule is CN1CCC(OCc2occc2CNC(C)(C)C)CC1. The summed E-state index contributed by atoms with van der Waals surface area (Å²) in [6, 6.07) is 2.03. The van der Waals surface area contributed by atoms with Crippen LogP contribution in [-0.4, -0.2) is 36.7 Å². The molecule has 1 aromatic rings. The number of piperidine rings is 1. The molecular formula is C16H28N2O2.